The van der Waals surface area contributed by atoms with Gasteiger partial charge in [-0.25, -0.2) is 4.79 Å². The van der Waals surface area contributed by atoms with E-state index in [0.29, 0.717) is 18.2 Å². The van der Waals surface area contributed by atoms with Gasteiger partial charge in [0, 0.05) is 18.3 Å². The molecular weight excluding hydrogens is 254 g/mol. The smallest absolute Gasteiger partial charge is 0.316 e. The molecule has 2 amide bonds. The maximum atomic E-state index is 10.7. The first-order valence-corrected chi connectivity index (χ1v) is 6.96. The predicted molar refractivity (Wildman–Crippen MR) is 81.5 cm³/mol. The molecule has 2 atom stereocenters. The molecule has 0 saturated heterocycles. The maximum Gasteiger partial charge on any atom is 0.316 e. The third kappa shape index (κ3) is 6.04. The van der Waals surface area contributed by atoms with Gasteiger partial charge in [0.2, 0.25) is 0 Å². The Morgan fingerprint density at radius 1 is 1.25 bits per heavy atom. The Labute approximate surface area is 120 Å². The van der Waals surface area contributed by atoms with Gasteiger partial charge in [-0.15, -0.1) is 0 Å². The molecule has 0 aliphatic carbocycles. The van der Waals surface area contributed by atoms with Crippen LogP contribution in [0.25, 0.3) is 0 Å². The first-order chi connectivity index (χ1) is 9.38. The molecule has 1 aromatic rings. The van der Waals surface area contributed by atoms with E-state index in [4.69, 9.17) is 5.73 Å². The number of hydrogen-bond donors (Lipinski definition) is 4. The third-order valence-electron chi connectivity index (χ3n) is 3.08. The first-order valence-electron chi connectivity index (χ1n) is 6.96. The standard InChI is InChI=1S/C15H25N3O2/c1-10(2)8-14(19)9-17-11(3)12-4-6-13(7-5-12)18-15(16)20/h4-7,10-11,14,17,19H,8-9H2,1-3H3,(H3,16,18,20). The molecule has 0 radical (unpaired) electrons. The number of amides is 2. The van der Waals surface area contributed by atoms with Gasteiger partial charge in [0.15, 0.2) is 0 Å². The molecular formula is C15H25N3O2. The topological polar surface area (TPSA) is 87.4 Å². The lowest BCUT2D eigenvalue weighted by molar-refractivity contribution is 0.143. The number of nitrogens with two attached hydrogens (primary N) is 1. The van der Waals surface area contributed by atoms with Gasteiger partial charge in [0.05, 0.1) is 6.10 Å². The molecule has 0 aliphatic heterocycles. The van der Waals surface area contributed by atoms with Crippen LogP contribution < -0.4 is 16.4 Å². The predicted octanol–water partition coefficient (Wildman–Crippen LogP) is 2.23. The van der Waals surface area contributed by atoms with Gasteiger partial charge < -0.3 is 21.5 Å². The SMILES string of the molecule is CC(C)CC(O)CNC(C)c1ccc(NC(N)=O)cc1. The average molecular weight is 279 g/mol. The number of carbonyl (C=O) groups is 1. The second-order valence-electron chi connectivity index (χ2n) is 5.52. The minimum absolute atomic E-state index is 0.138. The van der Waals surface area contributed by atoms with Crippen molar-refractivity contribution in [1.29, 1.82) is 0 Å². The van der Waals surface area contributed by atoms with Crippen molar-refractivity contribution in [1.82, 2.24) is 5.32 Å². The summed E-state index contributed by atoms with van der Waals surface area (Å²) in [5, 5.41) is 15.7. The maximum absolute atomic E-state index is 10.7. The van der Waals surface area contributed by atoms with Gasteiger partial charge in [-0.05, 0) is 37.0 Å². The van der Waals surface area contributed by atoms with Crippen LogP contribution in [-0.4, -0.2) is 23.8 Å². The molecule has 112 valence electrons. The van der Waals surface area contributed by atoms with E-state index in [2.05, 4.69) is 24.5 Å². The van der Waals surface area contributed by atoms with Crippen molar-refractivity contribution in [2.75, 3.05) is 11.9 Å². The van der Waals surface area contributed by atoms with Crippen LogP contribution >= 0.6 is 0 Å². The van der Waals surface area contributed by atoms with E-state index in [-0.39, 0.29) is 12.1 Å². The lowest BCUT2D eigenvalue weighted by Gasteiger charge is -2.19. The van der Waals surface area contributed by atoms with Gasteiger partial charge >= 0.3 is 6.03 Å². The molecule has 0 spiro atoms. The zero-order valence-corrected chi connectivity index (χ0v) is 12.4. The molecule has 20 heavy (non-hydrogen) atoms. The van der Waals surface area contributed by atoms with Crippen molar-refractivity contribution in [2.24, 2.45) is 11.7 Å². The average Bonchev–Trinajstić information content (AvgIpc) is 2.35. The van der Waals surface area contributed by atoms with Crippen LogP contribution in [0.1, 0.15) is 38.8 Å². The summed E-state index contributed by atoms with van der Waals surface area (Å²) in [5.41, 5.74) is 6.82. The van der Waals surface area contributed by atoms with E-state index in [0.717, 1.165) is 12.0 Å². The normalized spacial score (nSPS) is 14.1. The number of aliphatic hydroxyl groups is 1. The van der Waals surface area contributed by atoms with Crippen molar-refractivity contribution in [3.63, 3.8) is 0 Å². The van der Waals surface area contributed by atoms with Crippen LogP contribution in [-0.2, 0) is 0 Å². The van der Waals surface area contributed by atoms with Gasteiger partial charge in [-0.3, -0.25) is 0 Å². The van der Waals surface area contributed by atoms with E-state index in [9.17, 15) is 9.90 Å². The lowest BCUT2D eigenvalue weighted by Crippen LogP contribution is -2.30. The molecule has 1 rings (SSSR count). The highest BCUT2D eigenvalue weighted by Gasteiger charge is 2.10. The molecule has 0 aliphatic rings. The van der Waals surface area contributed by atoms with Crippen LogP contribution in [0.2, 0.25) is 0 Å². The molecule has 2 unspecified atom stereocenters. The first kappa shape index (κ1) is 16.5. The summed E-state index contributed by atoms with van der Waals surface area (Å²) < 4.78 is 0. The Bertz CT molecular complexity index is 418. The minimum atomic E-state index is -0.569. The highest BCUT2D eigenvalue weighted by molar-refractivity contribution is 5.87. The Hall–Kier alpha value is -1.59. The molecule has 0 heterocycles. The van der Waals surface area contributed by atoms with E-state index in [1.807, 2.05) is 31.2 Å². The summed E-state index contributed by atoms with van der Waals surface area (Å²) >= 11 is 0. The molecule has 0 saturated carbocycles. The second kappa shape index (κ2) is 7.87. The zero-order valence-electron chi connectivity index (χ0n) is 12.4. The van der Waals surface area contributed by atoms with Crippen LogP contribution in [0.5, 0.6) is 0 Å². The Kier molecular flexibility index (Phi) is 6.48. The fourth-order valence-corrected chi connectivity index (χ4v) is 2.06. The van der Waals surface area contributed by atoms with Crippen LogP contribution in [0.3, 0.4) is 0 Å². The summed E-state index contributed by atoms with van der Waals surface area (Å²) in [5.74, 6) is 0.487. The Morgan fingerprint density at radius 3 is 2.35 bits per heavy atom. The highest BCUT2D eigenvalue weighted by Crippen LogP contribution is 2.16. The number of carbonyl (C=O) groups excluding carboxylic acids is 1. The highest BCUT2D eigenvalue weighted by atomic mass is 16.3. The van der Waals surface area contributed by atoms with E-state index in [1.54, 1.807) is 0 Å². The molecule has 5 N–H and O–H groups in total. The van der Waals surface area contributed by atoms with E-state index in [1.165, 1.54) is 0 Å². The van der Waals surface area contributed by atoms with Gasteiger partial charge in [-0.1, -0.05) is 26.0 Å². The summed E-state index contributed by atoms with van der Waals surface area (Å²) in [6.07, 6.45) is 0.467. The summed E-state index contributed by atoms with van der Waals surface area (Å²) in [6, 6.07) is 7.04. The summed E-state index contributed by atoms with van der Waals surface area (Å²) in [6.45, 7) is 6.80. The van der Waals surface area contributed by atoms with Gasteiger partial charge in [0.1, 0.15) is 0 Å². The lowest BCUT2D eigenvalue weighted by atomic mass is 10.0. The molecule has 5 heteroatoms. The number of anilines is 1. The van der Waals surface area contributed by atoms with Crippen molar-refractivity contribution in [3.8, 4) is 0 Å². The fraction of sp³-hybridized carbons (Fsp3) is 0.533. The molecule has 1 aromatic carbocycles. The number of primary amides is 1. The van der Waals surface area contributed by atoms with Crippen LogP contribution in [0.4, 0.5) is 10.5 Å². The zero-order chi connectivity index (χ0) is 15.1. The molecule has 0 bridgehead atoms. The van der Waals surface area contributed by atoms with Crippen molar-refractivity contribution < 1.29 is 9.90 Å². The largest absolute Gasteiger partial charge is 0.392 e. The number of urea groups is 1. The molecule has 5 nitrogen and oxygen atoms in total. The number of aliphatic hydroxyl groups excluding tert-OH is 1. The monoisotopic (exact) mass is 279 g/mol. The van der Waals surface area contributed by atoms with E-state index < -0.39 is 6.03 Å². The van der Waals surface area contributed by atoms with Crippen LogP contribution in [0.15, 0.2) is 24.3 Å². The number of rotatable bonds is 7. The van der Waals surface area contributed by atoms with Crippen molar-refractivity contribution >= 4 is 11.7 Å². The summed E-state index contributed by atoms with van der Waals surface area (Å²) in [7, 11) is 0. The number of benzene rings is 1. The third-order valence-corrected chi connectivity index (χ3v) is 3.08. The van der Waals surface area contributed by atoms with Crippen molar-refractivity contribution in [3.05, 3.63) is 29.8 Å². The second-order valence-corrected chi connectivity index (χ2v) is 5.52. The Balaban J connectivity index is 2.47. The van der Waals surface area contributed by atoms with E-state index >= 15 is 0 Å². The summed E-state index contributed by atoms with van der Waals surface area (Å²) in [4.78, 5) is 10.7. The number of hydrogen-bond acceptors (Lipinski definition) is 3. The quantitative estimate of drug-likeness (QED) is 0.617. The Morgan fingerprint density at radius 2 is 1.85 bits per heavy atom. The van der Waals surface area contributed by atoms with Crippen molar-refractivity contribution in [2.45, 2.75) is 39.3 Å². The van der Waals surface area contributed by atoms with Gasteiger partial charge in [-0.2, -0.15) is 0 Å². The molecule has 0 aromatic heterocycles. The minimum Gasteiger partial charge on any atom is -0.392 e. The fourth-order valence-electron chi connectivity index (χ4n) is 2.06. The van der Waals surface area contributed by atoms with Gasteiger partial charge in [0.25, 0.3) is 0 Å². The number of nitrogens with one attached hydrogen (secondary N) is 2. The molecule has 0 fully saturated rings. The van der Waals surface area contributed by atoms with Crippen LogP contribution in [0, 0.1) is 5.92 Å².